The van der Waals surface area contributed by atoms with E-state index < -0.39 is 47.2 Å². The first-order chi connectivity index (χ1) is 32.4. The fourth-order valence-electron chi connectivity index (χ4n) is 10.4. The van der Waals surface area contributed by atoms with Crippen LogP contribution >= 0.6 is 0 Å². The maximum atomic E-state index is 14.8. The summed E-state index contributed by atoms with van der Waals surface area (Å²) in [4.78, 5) is 78.2. The lowest BCUT2D eigenvalue weighted by Gasteiger charge is -2.37. The van der Waals surface area contributed by atoms with Crippen molar-refractivity contribution in [3.05, 3.63) is 71.5 Å². The summed E-state index contributed by atoms with van der Waals surface area (Å²) in [6.07, 6.45) is 3.14. The molecule has 2 aromatic heterocycles. The Hall–Kier alpha value is -5.84. The van der Waals surface area contributed by atoms with Gasteiger partial charge in [0, 0.05) is 87.8 Å². The smallest absolute Gasteiger partial charge is 0.324 e. The molecule has 2 aromatic carbocycles. The Morgan fingerprint density at radius 3 is 2.56 bits per heavy atom. The summed E-state index contributed by atoms with van der Waals surface area (Å²) in [5, 5.41) is 16.8. The van der Waals surface area contributed by atoms with Gasteiger partial charge in [-0.05, 0) is 104 Å². The molecule has 68 heavy (non-hydrogen) atoms. The third kappa shape index (κ3) is 10.4. The normalized spacial score (nSPS) is 21.9. The lowest BCUT2D eigenvalue weighted by molar-refractivity contribution is -0.155. The highest BCUT2D eigenvalue weighted by atomic mass is 16.5. The van der Waals surface area contributed by atoms with Gasteiger partial charge in [-0.1, -0.05) is 46.8 Å². The van der Waals surface area contributed by atoms with Crippen LogP contribution in [0, 0.1) is 23.2 Å². The van der Waals surface area contributed by atoms with Crippen molar-refractivity contribution < 1.29 is 38.6 Å². The zero-order chi connectivity index (χ0) is 49.2. The summed E-state index contributed by atoms with van der Waals surface area (Å²) >= 11 is 0. The molecular formula is C52H70N8O8. The van der Waals surface area contributed by atoms with Gasteiger partial charge in [0.1, 0.15) is 23.9 Å². The molecule has 7 rings (SSSR count). The summed E-state index contributed by atoms with van der Waals surface area (Å²) in [5.41, 5.74) is 15.2. The van der Waals surface area contributed by atoms with E-state index in [9.17, 15) is 29.1 Å². The first-order valence-corrected chi connectivity index (χ1v) is 24.1. The second-order valence-electron chi connectivity index (χ2n) is 20.1. The molecule has 366 valence electrons. The van der Waals surface area contributed by atoms with Gasteiger partial charge in [-0.25, -0.2) is 5.43 Å². The van der Waals surface area contributed by atoms with Crippen LogP contribution in [0.3, 0.4) is 0 Å². The molecule has 0 saturated carbocycles. The van der Waals surface area contributed by atoms with Crippen molar-refractivity contribution in [1.82, 2.24) is 35.1 Å². The van der Waals surface area contributed by atoms with Gasteiger partial charge in [0.2, 0.25) is 17.7 Å². The van der Waals surface area contributed by atoms with Crippen LogP contribution in [0.2, 0.25) is 0 Å². The summed E-state index contributed by atoms with van der Waals surface area (Å²) in [6.45, 7) is 15.7. The zero-order valence-electron chi connectivity index (χ0n) is 41.1. The molecular weight excluding hydrogens is 865 g/mol. The number of phenolic OH excluding ortho intramolecular Hbond substituents is 1. The fraction of sp³-hybridized carbons (Fsp3) is 0.538. The number of nitrogens with zero attached hydrogens (tertiary/aromatic N) is 5. The number of ether oxygens (including phenoxy) is 2. The van der Waals surface area contributed by atoms with Gasteiger partial charge in [-0.3, -0.25) is 34.0 Å². The van der Waals surface area contributed by atoms with Crippen LogP contribution in [0.5, 0.6) is 5.75 Å². The molecule has 16 nitrogen and oxygen atoms in total. The van der Waals surface area contributed by atoms with Crippen molar-refractivity contribution in [2.75, 3.05) is 46.9 Å². The first-order valence-electron chi connectivity index (χ1n) is 24.1. The number of likely N-dealkylation sites (tertiary alicyclic amines) is 1. The number of hydrazine groups is 1. The lowest BCUT2D eigenvalue weighted by atomic mass is 9.84. The molecule has 4 aromatic rings. The Kier molecular flexibility index (Phi) is 15.3. The molecule has 16 heteroatoms. The highest BCUT2D eigenvalue weighted by Crippen LogP contribution is 2.42. The zero-order valence-corrected chi connectivity index (χ0v) is 41.1. The third-order valence-corrected chi connectivity index (χ3v) is 14.0. The number of carbonyl (C=O) groups is 5. The summed E-state index contributed by atoms with van der Waals surface area (Å²) < 4.78 is 14.2. The summed E-state index contributed by atoms with van der Waals surface area (Å²) in [7, 11) is 3.26. The minimum absolute atomic E-state index is 0.0137. The molecule has 0 spiro atoms. The Morgan fingerprint density at radius 1 is 1.09 bits per heavy atom. The number of amides is 4. The number of aromatic nitrogens is 2. The average molecular weight is 935 g/mol. The predicted molar refractivity (Wildman–Crippen MR) is 260 cm³/mol. The number of phenols is 1. The van der Waals surface area contributed by atoms with Gasteiger partial charge >= 0.3 is 5.97 Å². The maximum Gasteiger partial charge on any atom is 0.324 e. The number of esters is 1. The Labute approximate surface area is 399 Å². The molecule has 5 heterocycles. The third-order valence-electron chi connectivity index (χ3n) is 14.0. The minimum Gasteiger partial charge on any atom is -0.508 e. The maximum absolute atomic E-state index is 14.8. The number of fused-ring (bicyclic) bond motifs is 6. The number of aryl methyl sites for hydroxylation is 1. The van der Waals surface area contributed by atoms with Gasteiger partial charge in [0.15, 0.2) is 0 Å². The van der Waals surface area contributed by atoms with Crippen LogP contribution in [0.4, 0.5) is 0 Å². The Bertz CT molecular complexity index is 2540. The van der Waals surface area contributed by atoms with Gasteiger partial charge in [-0.2, -0.15) is 0 Å². The number of hydrogen-bond donors (Lipinski definition) is 4. The van der Waals surface area contributed by atoms with E-state index in [-0.39, 0.29) is 74.6 Å². The number of methoxy groups -OCH3 is 1. The predicted octanol–water partition coefficient (Wildman–Crippen LogP) is 5.38. The SMILES string of the molecule is CCn1c(-c2cccnc2[C@H](C)OC)c2c3cc(ccc31)-c1cc(O)cc(c1)C[C@H](NC(=O)[C@H](C(C)C)N(C)C(=O)[C@@H]1CN(C(=O)CCN)C[C@@H]1C)C(=O)N1CCC[C@H](N1)C(=O)OCC(C)(C)C2. The quantitative estimate of drug-likeness (QED) is 0.141. The van der Waals surface area contributed by atoms with Crippen LogP contribution in [0.15, 0.2) is 54.7 Å². The number of benzene rings is 2. The van der Waals surface area contributed by atoms with E-state index in [1.807, 2.05) is 45.9 Å². The van der Waals surface area contributed by atoms with Gasteiger partial charge < -0.3 is 40.0 Å². The molecule has 6 bridgehead atoms. The first kappa shape index (κ1) is 50.0. The van der Waals surface area contributed by atoms with Crippen molar-refractivity contribution in [3.63, 3.8) is 0 Å². The van der Waals surface area contributed by atoms with Crippen LogP contribution in [-0.2, 0) is 52.8 Å². The molecule has 3 aliphatic rings. The van der Waals surface area contributed by atoms with E-state index >= 15 is 0 Å². The molecule has 0 radical (unpaired) electrons. The largest absolute Gasteiger partial charge is 0.508 e. The Morgan fingerprint density at radius 2 is 1.85 bits per heavy atom. The molecule has 3 aliphatic heterocycles. The molecule has 0 unspecified atom stereocenters. The average Bonchev–Trinajstić information content (AvgIpc) is 3.85. The van der Waals surface area contributed by atoms with Gasteiger partial charge in [0.05, 0.1) is 30.0 Å². The second-order valence-corrected chi connectivity index (χ2v) is 20.1. The van der Waals surface area contributed by atoms with E-state index in [1.165, 1.54) is 9.91 Å². The lowest BCUT2D eigenvalue weighted by Crippen LogP contribution is -2.62. The highest BCUT2D eigenvalue weighted by Gasteiger charge is 2.43. The van der Waals surface area contributed by atoms with Crippen molar-refractivity contribution in [2.24, 2.45) is 28.9 Å². The molecule has 2 fully saturated rings. The van der Waals surface area contributed by atoms with Crippen LogP contribution < -0.4 is 16.5 Å². The standard InChI is InChI=1S/C52H70N8O8/c1-10-59-43-16-15-34-25-38(43)39(47(59)37-13-11-19-54-45(37)32(5)67-9)26-52(6,7)29-68-51(66)41-14-12-20-60(56-41)50(65)42(23-33-21-35(34)24-36(61)22-33)55-48(63)46(30(2)3)57(8)49(64)40-28-58(27-31(40)4)44(62)17-18-53/h11,13,15-16,19,21-22,24-25,30-32,40-42,46,56,61H,10,12,14,17-18,20,23,26-29,53H2,1-9H3,(H,55,63)/t31-,32-,40+,41-,42-,46-/m0/s1. The van der Waals surface area contributed by atoms with E-state index in [1.54, 1.807) is 37.4 Å². The van der Waals surface area contributed by atoms with E-state index in [2.05, 4.69) is 54.3 Å². The van der Waals surface area contributed by atoms with Crippen molar-refractivity contribution >= 4 is 40.5 Å². The van der Waals surface area contributed by atoms with Crippen LogP contribution in [0.25, 0.3) is 33.3 Å². The highest BCUT2D eigenvalue weighted by molar-refractivity contribution is 5.96. The van der Waals surface area contributed by atoms with E-state index in [0.717, 1.165) is 39.0 Å². The van der Waals surface area contributed by atoms with Crippen molar-refractivity contribution in [3.8, 4) is 28.1 Å². The Balaban J connectivity index is 1.30. The van der Waals surface area contributed by atoms with Crippen LogP contribution in [-0.4, -0.2) is 124 Å². The number of rotatable bonds is 11. The monoisotopic (exact) mass is 935 g/mol. The number of nitrogens with two attached hydrogens (primary N) is 1. The summed E-state index contributed by atoms with van der Waals surface area (Å²) in [6, 6.07) is 12.5. The van der Waals surface area contributed by atoms with Crippen LogP contribution in [0.1, 0.15) is 90.7 Å². The molecule has 6 atom stereocenters. The number of likely N-dealkylation sites (N-methyl/N-ethyl adjacent to an activating group) is 1. The molecule has 0 aliphatic carbocycles. The van der Waals surface area contributed by atoms with Crippen molar-refractivity contribution in [1.29, 1.82) is 0 Å². The van der Waals surface area contributed by atoms with E-state index in [4.69, 9.17) is 20.2 Å². The number of pyridine rings is 1. The number of nitrogens with one attached hydrogen (secondary N) is 2. The fourth-order valence-corrected chi connectivity index (χ4v) is 10.4. The van der Waals surface area contributed by atoms with E-state index in [0.29, 0.717) is 43.5 Å². The molecule has 2 saturated heterocycles. The number of hydrogen-bond acceptors (Lipinski definition) is 11. The van der Waals surface area contributed by atoms with Crippen molar-refractivity contribution in [2.45, 2.75) is 111 Å². The second kappa shape index (κ2) is 20.8. The molecule has 4 amide bonds. The molecule has 5 N–H and O–H groups in total. The number of aromatic hydroxyl groups is 1. The van der Waals surface area contributed by atoms with Gasteiger partial charge in [-0.15, -0.1) is 0 Å². The minimum atomic E-state index is -1.17. The summed E-state index contributed by atoms with van der Waals surface area (Å²) in [5.74, 6) is -2.89. The topological polar surface area (TPSA) is 202 Å². The number of carbonyl (C=O) groups excluding carboxylic acids is 5. The van der Waals surface area contributed by atoms with Gasteiger partial charge in [0.25, 0.3) is 5.91 Å². The number of cyclic esters (lactones) is 1.